The maximum absolute atomic E-state index is 14.5. The summed E-state index contributed by atoms with van der Waals surface area (Å²) in [7, 11) is -0.302. The highest BCUT2D eigenvalue weighted by atomic mass is 28.4. The molecule has 446 valence electrons. The van der Waals surface area contributed by atoms with Crippen LogP contribution in [0.1, 0.15) is 187 Å². The molecule has 0 radical (unpaired) electrons. The van der Waals surface area contributed by atoms with Crippen LogP contribution in [0.4, 0.5) is 0 Å². The first-order valence-corrected chi connectivity index (χ1v) is 34.7. The second-order valence-corrected chi connectivity index (χ2v) is 34.3. The molecule has 10 nitrogen and oxygen atoms in total. The van der Waals surface area contributed by atoms with Gasteiger partial charge in [0.15, 0.2) is 27.2 Å². The number of ether oxygens (including phenoxy) is 7. The molecule has 79 heavy (non-hydrogen) atoms. The van der Waals surface area contributed by atoms with Crippen LogP contribution in [0.5, 0.6) is 0 Å². The van der Waals surface area contributed by atoms with E-state index in [4.69, 9.17) is 37.6 Å². The van der Waals surface area contributed by atoms with Gasteiger partial charge in [0.05, 0.1) is 54.1 Å². The minimum atomic E-state index is -2.15. The zero-order valence-corrected chi connectivity index (χ0v) is 53.7. The zero-order chi connectivity index (χ0) is 57.4. The number of methoxy groups -OCH3 is 1. The van der Waals surface area contributed by atoms with Gasteiger partial charge in [0, 0.05) is 18.9 Å². The van der Waals surface area contributed by atoms with Crippen molar-refractivity contribution in [1.82, 2.24) is 0 Å². The normalized spacial score (nSPS) is 47.9. The standard InChI is InChI=1S/C68H110O10Si/c1-19-51-43(7)44(8)58(78-79(20-2,21-3)22-4)61(73-51)77-59-57(76-60-45(9)42(6)41(5)39-72-60)46(10)52(36-48-26-24-23-25-27-48)74-62(59)75-55-31-32-64(14)53(65(55,15)40-69)30-33-66(16)54(64)29-28-49-50-37-63(12,13)34-35-68(50,47(11)70)56(71-18)38-67(49,66)17/h23-28,40-46,50-62H,19-22,29-39H2,1-18H3/t41-,42+,43-,44+,45?,46-,50?,51?,52?,53-,54?,55+,56?,57+,58?,59?,60+,61+,62+,64?,65-,66?,67-,68-/m1/s1. The van der Waals surface area contributed by atoms with Crippen LogP contribution in [0, 0.1) is 85.8 Å². The van der Waals surface area contributed by atoms with Crippen molar-refractivity contribution in [1.29, 1.82) is 0 Å². The van der Waals surface area contributed by atoms with Crippen LogP contribution in [0.2, 0.25) is 18.1 Å². The highest BCUT2D eigenvalue weighted by molar-refractivity contribution is 6.73. The lowest BCUT2D eigenvalue weighted by molar-refractivity contribution is -0.380. The van der Waals surface area contributed by atoms with E-state index < -0.39 is 56.3 Å². The first-order chi connectivity index (χ1) is 37.3. The predicted octanol–water partition coefficient (Wildman–Crippen LogP) is 15.0. The molecule has 1 aromatic carbocycles. The van der Waals surface area contributed by atoms with Gasteiger partial charge in [-0.05, 0) is 164 Å². The van der Waals surface area contributed by atoms with Crippen LogP contribution in [0.25, 0.3) is 0 Å². The number of hydrogen-bond acceptors (Lipinski definition) is 10. The molecule has 3 saturated heterocycles. The summed E-state index contributed by atoms with van der Waals surface area (Å²) in [6.07, 6.45) is 9.23. The van der Waals surface area contributed by atoms with E-state index in [1.165, 1.54) is 17.4 Å². The van der Waals surface area contributed by atoms with Crippen molar-refractivity contribution in [2.75, 3.05) is 13.7 Å². The Bertz CT molecular complexity index is 2300. The van der Waals surface area contributed by atoms with Gasteiger partial charge in [-0.25, -0.2) is 0 Å². The van der Waals surface area contributed by atoms with E-state index in [-0.39, 0.29) is 81.6 Å². The van der Waals surface area contributed by atoms with Crippen LogP contribution in [-0.2, 0) is 53.6 Å². The molecule has 0 bridgehead atoms. The monoisotopic (exact) mass is 1110 g/mol. The van der Waals surface area contributed by atoms with Crippen molar-refractivity contribution < 1.29 is 47.2 Å². The van der Waals surface area contributed by atoms with Crippen molar-refractivity contribution >= 4 is 20.4 Å². The maximum atomic E-state index is 14.5. The van der Waals surface area contributed by atoms with Gasteiger partial charge in [0.1, 0.15) is 18.2 Å². The smallest absolute Gasteiger partial charge is 0.192 e. The summed E-state index contributed by atoms with van der Waals surface area (Å²) < 4.78 is 58.5. The van der Waals surface area contributed by atoms with E-state index in [1.54, 1.807) is 0 Å². The summed E-state index contributed by atoms with van der Waals surface area (Å²) in [5.41, 5.74) is 1.14. The maximum Gasteiger partial charge on any atom is 0.192 e. The second-order valence-electron chi connectivity index (χ2n) is 29.6. The Morgan fingerprint density at radius 1 is 0.696 bits per heavy atom. The van der Waals surface area contributed by atoms with Gasteiger partial charge in [0.2, 0.25) is 0 Å². The molecular formula is C68H110O10Si. The average molecular weight is 1120 g/mol. The molecular weight excluding hydrogens is 1000 g/mol. The fourth-order valence-corrected chi connectivity index (χ4v) is 22.0. The Hall–Kier alpha value is -1.80. The minimum absolute atomic E-state index is 0.0177. The van der Waals surface area contributed by atoms with E-state index in [1.807, 2.05) is 14.0 Å². The third-order valence-electron chi connectivity index (χ3n) is 25.6. The first-order valence-electron chi connectivity index (χ1n) is 32.1. The number of aldehydes is 1. The Morgan fingerprint density at radius 2 is 1.35 bits per heavy atom. The molecule has 8 aliphatic rings. The molecule has 24 atom stereocenters. The third kappa shape index (κ3) is 10.4. The molecule has 11 heteroatoms. The fourth-order valence-electron chi connectivity index (χ4n) is 19.1. The number of Topliss-reactive ketones (excluding diaryl/α,β-unsaturated/α-hetero) is 1. The Morgan fingerprint density at radius 3 is 1.99 bits per heavy atom. The largest absolute Gasteiger partial charge is 0.408 e. The predicted molar refractivity (Wildman–Crippen MR) is 315 cm³/mol. The van der Waals surface area contributed by atoms with Gasteiger partial charge in [-0.15, -0.1) is 0 Å². The number of carbonyl (C=O) groups excluding carboxylic acids is 2. The van der Waals surface area contributed by atoms with Crippen molar-refractivity contribution in [2.45, 2.75) is 268 Å². The molecule has 3 heterocycles. The average Bonchev–Trinajstić information content (AvgIpc) is 3.62. The molecule has 0 aromatic heterocycles. The van der Waals surface area contributed by atoms with Crippen LogP contribution in [0.3, 0.4) is 0 Å². The van der Waals surface area contributed by atoms with Gasteiger partial charge in [-0.2, -0.15) is 0 Å². The molecule has 5 aliphatic carbocycles. The quantitative estimate of drug-likeness (QED) is 0.0648. The number of fused-ring (bicyclic) bond motifs is 7. The lowest BCUT2D eigenvalue weighted by Crippen LogP contribution is -2.68. The van der Waals surface area contributed by atoms with E-state index in [9.17, 15) is 9.59 Å². The Balaban J connectivity index is 1.10. The number of rotatable bonds is 17. The molecule has 7 fully saturated rings. The zero-order valence-electron chi connectivity index (χ0n) is 52.7. The van der Waals surface area contributed by atoms with Crippen molar-refractivity contribution in [3.8, 4) is 0 Å². The van der Waals surface area contributed by atoms with Gasteiger partial charge in [-0.3, -0.25) is 4.79 Å². The summed E-state index contributed by atoms with van der Waals surface area (Å²) in [6, 6.07) is 13.7. The highest BCUT2D eigenvalue weighted by Gasteiger charge is 2.72. The Labute approximate surface area is 480 Å². The van der Waals surface area contributed by atoms with Gasteiger partial charge < -0.3 is 42.4 Å². The van der Waals surface area contributed by atoms with Crippen LogP contribution < -0.4 is 0 Å². The summed E-state index contributed by atoms with van der Waals surface area (Å²) in [5, 5.41) is 0. The van der Waals surface area contributed by atoms with Gasteiger partial charge in [-0.1, -0.05) is 153 Å². The molecule has 0 spiro atoms. The van der Waals surface area contributed by atoms with E-state index in [2.05, 4.69) is 147 Å². The molecule has 0 amide bonds. The van der Waals surface area contributed by atoms with Crippen molar-refractivity contribution in [3.05, 3.63) is 47.5 Å². The van der Waals surface area contributed by atoms with Crippen LogP contribution in [0.15, 0.2) is 42.0 Å². The molecule has 0 N–H and O–H groups in total. The summed E-state index contributed by atoms with van der Waals surface area (Å²) >= 11 is 0. The van der Waals surface area contributed by atoms with Gasteiger partial charge >= 0.3 is 0 Å². The molecule has 3 aliphatic heterocycles. The van der Waals surface area contributed by atoms with E-state index in [0.717, 1.165) is 75.9 Å². The topological polar surface area (TPSA) is 108 Å². The number of carbonyl (C=O) groups is 2. The number of allylic oxidation sites excluding steroid dienone is 2. The molecule has 4 saturated carbocycles. The molecule has 10 unspecified atom stereocenters. The lowest BCUT2D eigenvalue weighted by atomic mass is 9.33. The van der Waals surface area contributed by atoms with Crippen molar-refractivity contribution in [3.63, 3.8) is 0 Å². The first kappa shape index (κ1) is 61.7. The fraction of sp³-hybridized carbons (Fsp3) is 0.853. The number of ketones is 1. The summed E-state index contributed by atoms with van der Waals surface area (Å²) in [5.74, 6) is 2.11. The van der Waals surface area contributed by atoms with Crippen LogP contribution in [-0.4, -0.2) is 95.7 Å². The number of benzene rings is 1. The summed E-state index contributed by atoms with van der Waals surface area (Å²) in [4.78, 5) is 28.7. The SMILES string of the molecule is CCC1O[C@@H](OC2[C@H](O[C@H]3CCC4(C)C5CC=C6C7CC(C)(C)CC[C@]7(C(C)=O)C(OC)C[C@@]6(C)C5(C)CC[C@H]4[C@@]3(C)C=O)OC(Cc3ccccc3)[C@@H](C)[C@@H]2O[C@@H]2OC[C@@H](C)[C@H](C)C2C)C(O[Si](CC)(CC)CC)[C@@H](C)[C@H]1C. The van der Waals surface area contributed by atoms with Crippen molar-refractivity contribution in [2.24, 2.45) is 85.8 Å². The summed E-state index contributed by atoms with van der Waals surface area (Å²) in [6.45, 7) is 40.0. The minimum Gasteiger partial charge on any atom is -0.408 e. The third-order valence-corrected chi connectivity index (χ3v) is 30.2. The van der Waals surface area contributed by atoms with Crippen LogP contribution >= 0.6 is 0 Å². The Kier molecular flexibility index (Phi) is 18.2. The molecule has 9 rings (SSSR count). The highest BCUT2D eigenvalue weighted by Crippen LogP contribution is 2.76. The van der Waals surface area contributed by atoms with E-state index in [0.29, 0.717) is 43.0 Å². The lowest BCUT2D eigenvalue weighted by Gasteiger charge is -2.72. The van der Waals surface area contributed by atoms with Gasteiger partial charge in [0.25, 0.3) is 0 Å². The van der Waals surface area contributed by atoms with E-state index >= 15 is 0 Å². The number of hydrogen-bond donors (Lipinski definition) is 0. The molecule has 1 aromatic rings. The second kappa shape index (κ2) is 23.2.